The highest BCUT2D eigenvalue weighted by molar-refractivity contribution is 5.48. The van der Waals surface area contributed by atoms with Gasteiger partial charge in [-0.3, -0.25) is 0 Å². The zero-order valence-corrected chi connectivity index (χ0v) is 11.0. The molecule has 19 heavy (non-hydrogen) atoms. The van der Waals surface area contributed by atoms with Gasteiger partial charge in [0.15, 0.2) is 0 Å². The molecule has 0 spiro atoms. The van der Waals surface area contributed by atoms with E-state index in [2.05, 4.69) is 53.8 Å². The van der Waals surface area contributed by atoms with Crippen molar-refractivity contribution in [2.45, 2.75) is 18.9 Å². The van der Waals surface area contributed by atoms with Crippen LogP contribution >= 0.6 is 0 Å². The Morgan fingerprint density at radius 3 is 2.63 bits per heavy atom. The molecule has 1 aliphatic rings. The van der Waals surface area contributed by atoms with Crippen LogP contribution in [0, 0.1) is 5.92 Å². The standard InChI is InChI=1S/C17H20N2/c18-11-15-10-17(15)14-7-4-8-16(9-14)19-12-13-5-2-1-3-6-13/h1-9,15,17,19H,10-12,18H2/t15-,17-/m1/s1. The number of nitrogens with one attached hydrogen (secondary N) is 1. The Balaban J connectivity index is 1.64. The van der Waals surface area contributed by atoms with E-state index >= 15 is 0 Å². The first-order valence-electron chi connectivity index (χ1n) is 6.94. The zero-order valence-electron chi connectivity index (χ0n) is 11.0. The zero-order chi connectivity index (χ0) is 13.1. The lowest BCUT2D eigenvalue weighted by Gasteiger charge is -2.08. The molecule has 0 radical (unpaired) electrons. The largest absolute Gasteiger partial charge is 0.381 e. The normalized spacial score (nSPS) is 21.1. The highest BCUT2D eigenvalue weighted by atomic mass is 14.9. The second kappa shape index (κ2) is 5.45. The molecule has 1 aliphatic carbocycles. The number of nitrogens with two attached hydrogens (primary N) is 1. The van der Waals surface area contributed by atoms with Crippen LogP contribution in [0.5, 0.6) is 0 Å². The summed E-state index contributed by atoms with van der Waals surface area (Å²) in [5, 5.41) is 3.49. The minimum Gasteiger partial charge on any atom is -0.381 e. The molecule has 0 heterocycles. The molecule has 2 aromatic rings. The molecule has 1 saturated carbocycles. The maximum absolute atomic E-state index is 5.72. The van der Waals surface area contributed by atoms with E-state index in [-0.39, 0.29) is 0 Å². The summed E-state index contributed by atoms with van der Waals surface area (Å²) in [6.07, 6.45) is 1.25. The van der Waals surface area contributed by atoms with Gasteiger partial charge in [0.05, 0.1) is 0 Å². The molecule has 2 heteroatoms. The lowest BCUT2D eigenvalue weighted by atomic mass is 10.1. The van der Waals surface area contributed by atoms with Crippen LogP contribution in [0.25, 0.3) is 0 Å². The molecule has 0 unspecified atom stereocenters. The van der Waals surface area contributed by atoms with E-state index in [1.807, 2.05) is 6.07 Å². The van der Waals surface area contributed by atoms with Gasteiger partial charge in [0, 0.05) is 12.2 Å². The minimum absolute atomic E-state index is 0.684. The topological polar surface area (TPSA) is 38.0 Å². The Morgan fingerprint density at radius 1 is 1.05 bits per heavy atom. The molecule has 0 saturated heterocycles. The lowest BCUT2D eigenvalue weighted by molar-refractivity contribution is 0.810. The molecular weight excluding hydrogens is 232 g/mol. The number of hydrogen-bond donors (Lipinski definition) is 2. The van der Waals surface area contributed by atoms with Crippen LogP contribution in [0.4, 0.5) is 5.69 Å². The summed E-state index contributed by atoms with van der Waals surface area (Å²) in [4.78, 5) is 0. The van der Waals surface area contributed by atoms with Crippen molar-refractivity contribution < 1.29 is 0 Å². The van der Waals surface area contributed by atoms with E-state index in [1.165, 1.54) is 23.2 Å². The van der Waals surface area contributed by atoms with Gasteiger partial charge in [-0.25, -0.2) is 0 Å². The van der Waals surface area contributed by atoms with Gasteiger partial charge in [0.1, 0.15) is 0 Å². The van der Waals surface area contributed by atoms with Crippen LogP contribution in [0.15, 0.2) is 54.6 Å². The van der Waals surface area contributed by atoms with Crippen molar-refractivity contribution in [2.75, 3.05) is 11.9 Å². The van der Waals surface area contributed by atoms with E-state index in [9.17, 15) is 0 Å². The highest BCUT2D eigenvalue weighted by Crippen LogP contribution is 2.46. The van der Waals surface area contributed by atoms with E-state index in [1.54, 1.807) is 0 Å². The van der Waals surface area contributed by atoms with Crippen molar-refractivity contribution in [1.29, 1.82) is 0 Å². The van der Waals surface area contributed by atoms with E-state index in [0.717, 1.165) is 13.1 Å². The van der Waals surface area contributed by atoms with Crippen LogP contribution < -0.4 is 11.1 Å². The lowest BCUT2D eigenvalue weighted by Crippen LogP contribution is -2.02. The quantitative estimate of drug-likeness (QED) is 0.856. The first-order chi connectivity index (χ1) is 9.36. The predicted octanol–water partition coefficient (Wildman–Crippen LogP) is 3.36. The van der Waals surface area contributed by atoms with Gasteiger partial charge < -0.3 is 11.1 Å². The molecule has 3 rings (SSSR count). The number of hydrogen-bond acceptors (Lipinski definition) is 2. The summed E-state index contributed by atoms with van der Waals surface area (Å²) >= 11 is 0. The monoisotopic (exact) mass is 252 g/mol. The van der Waals surface area contributed by atoms with Gasteiger partial charge in [0.25, 0.3) is 0 Å². The van der Waals surface area contributed by atoms with Crippen LogP contribution in [-0.4, -0.2) is 6.54 Å². The van der Waals surface area contributed by atoms with E-state index < -0.39 is 0 Å². The van der Waals surface area contributed by atoms with Crippen LogP contribution in [-0.2, 0) is 6.54 Å². The van der Waals surface area contributed by atoms with Crippen LogP contribution in [0.1, 0.15) is 23.5 Å². The molecule has 0 bridgehead atoms. The molecule has 0 aliphatic heterocycles. The fourth-order valence-corrected chi connectivity index (χ4v) is 2.60. The van der Waals surface area contributed by atoms with E-state index in [4.69, 9.17) is 5.73 Å². The van der Waals surface area contributed by atoms with Gasteiger partial charge in [-0.1, -0.05) is 42.5 Å². The van der Waals surface area contributed by atoms with Gasteiger partial charge in [-0.15, -0.1) is 0 Å². The Bertz CT molecular complexity index is 536. The van der Waals surface area contributed by atoms with Crippen molar-refractivity contribution >= 4 is 5.69 Å². The Kier molecular flexibility index (Phi) is 3.51. The third kappa shape index (κ3) is 2.96. The Morgan fingerprint density at radius 2 is 1.89 bits per heavy atom. The summed E-state index contributed by atoms with van der Waals surface area (Å²) in [6.45, 7) is 1.68. The fraction of sp³-hybridized carbons (Fsp3) is 0.294. The minimum atomic E-state index is 0.684. The molecule has 1 fully saturated rings. The molecule has 2 nitrogen and oxygen atoms in total. The predicted molar refractivity (Wildman–Crippen MR) is 80.1 cm³/mol. The van der Waals surface area contributed by atoms with Crippen molar-refractivity contribution in [3.63, 3.8) is 0 Å². The number of anilines is 1. The first-order valence-corrected chi connectivity index (χ1v) is 6.94. The summed E-state index contributed by atoms with van der Waals surface area (Å²) < 4.78 is 0. The van der Waals surface area contributed by atoms with Crippen LogP contribution in [0.2, 0.25) is 0 Å². The second-order valence-electron chi connectivity index (χ2n) is 5.30. The number of rotatable bonds is 5. The van der Waals surface area contributed by atoms with Gasteiger partial charge in [-0.05, 0) is 48.1 Å². The summed E-state index contributed by atoms with van der Waals surface area (Å²) in [7, 11) is 0. The maximum Gasteiger partial charge on any atom is 0.0400 e. The van der Waals surface area contributed by atoms with Crippen molar-refractivity contribution in [3.05, 3.63) is 65.7 Å². The SMILES string of the molecule is NC[C@H]1C[C@@H]1c1cccc(NCc2ccccc2)c1. The summed E-state index contributed by atoms with van der Waals surface area (Å²) in [6, 6.07) is 19.2. The maximum atomic E-state index is 5.72. The third-order valence-electron chi connectivity index (χ3n) is 3.88. The summed E-state index contributed by atoms with van der Waals surface area (Å²) in [5.74, 6) is 1.38. The molecule has 2 aromatic carbocycles. The van der Waals surface area contributed by atoms with Gasteiger partial charge in [0.2, 0.25) is 0 Å². The van der Waals surface area contributed by atoms with E-state index in [0.29, 0.717) is 11.8 Å². The molecular formula is C17H20N2. The average molecular weight is 252 g/mol. The van der Waals surface area contributed by atoms with Crippen molar-refractivity contribution in [3.8, 4) is 0 Å². The first kappa shape index (κ1) is 12.2. The molecule has 2 atom stereocenters. The fourth-order valence-electron chi connectivity index (χ4n) is 2.60. The smallest absolute Gasteiger partial charge is 0.0400 e. The van der Waals surface area contributed by atoms with Crippen molar-refractivity contribution in [1.82, 2.24) is 0 Å². The van der Waals surface area contributed by atoms with Crippen molar-refractivity contribution in [2.24, 2.45) is 11.7 Å². The van der Waals surface area contributed by atoms with Crippen LogP contribution in [0.3, 0.4) is 0 Å². The molecule has 0 aromatic heterocycles. The highest BCUT2D eigenvalue weighted by Gasteiger charge is 2.36. The molecule has 98 valence electrons. The summed E-state index contributed by atoms with van der Waals surface area (Å²) in [5.41, 5.74) is 9.65. The number of benzene rings is 2. The molecule has 0 amide bonds. The third-order valence-corrected chi connectivity index (χ3v) is 3.88. The second-order valence-corrected chi connectivity index (χ2v) is 5.30. The molecule has 3 N–H and O–H groups in total. The Labute approximate surface area is 114 Å². The average Bonchev–Trinajstić information content (AvgIpc) is 3.26. The van der Waals surface area contributed by atoms with Gasteiger partial charge in [-0.2, -0.15) is 0 Å². The van der Waals surface area contributed by atoms with Gasteiger partial charge >= 0.3 is 0 Å². The Hall–Kier alpha value is -1.80.